The number of methoxy groups -OCH3 is 3. The van der Waals surface area contributed by atoms with Gasteiger partial charge < -0.3 is 24.4 Å². The highest BCUT2D eigenvalue weighted by Crippen LogP contribution is 2.39. The van der Waals surface area contributed by atoms with Crippen molar-refractivity contribution < 1.29 is 19.0 Å². The molecule has 0 spiro atoms. The number of hydrogen-bond donors (Lipinski definition) is 1. The number of para-hydroxylation sites is 1. The maximum Gasteiger partial charge on any atom is 0.340 e. The average molecular weight is 365 g/mol. The molecular formula is C18H21ClN2O4. The molecule has 25 heavy (non-hydrogen) atoms. The van der Waals surface area contributed by atoms with E-state index in [-0.39, 0.29) is 0 Å². The lowest BCUT2D eigenvalue weighted by Gasteiger charge is -2.21. The Labute approximate surface area is 152 Å². The van der Waals surface area contributed by atoms with E-state index in [1.165, 1.54) is 21.3 Å². The summed E-state index contributed by atoms with van der Waals surface area (Å²) in [6, 6.07) is 8.77. The fourth-order valence-corrected chi connectivity index (χ4v) is 2.82. The van der Waals surface area contributed by atoms with E-state index in [4.69, 9.17) is 25.8 Å². The van der Waals surface area contributed by atoms with E-state index in [2.05, 4.69) is 5.32 Å². The molecule has 6 nitrogen and oxygen atoms in total. The van der Waals surface area contributed by atoms with E-state index in [1.54, 1.807) is 18.2 Å². The maximum atomic E-state index is 12.2. The number of carbonyl (C=O) groups is 1. The van der Waals surface area contributed by atoms with Crippen LogP contribution < -0.4 is 19.7 Å². The topological polar surface area (TPSA) is 60.0 Å². The molecule has 1 N–H and O–H groups in total. The first-order valence-electron chi connectivity index (χ1n) is 7.50. The Morgan fingerprint density at radius 3 is 2.24 bits per heavy atom. The van der Waals surface area contributed by atoms with Gasteiger partial charge in [-0.1, -0.05) is 17.7 Å². The van der Waals surface area contributed by atoms with Crippen LogP contribution in [0.25, 0.3) is 0 Å². The van der Waals surface area contributed by atoms with E-state index in [9.17, 15) is 4.79 Å². The van der Waals surface area contributed by atoms with Crippen LogP contribution in [0.5, 0.6) is 11.5 Å². The predicted octanol–water partition coefficient (Wildman–Crippen LogP) is 3.95. The minimum Gasteiger partial charge on any atom is -0.493 e. The highest BCUT2D eigenvalue weighted by atomic mass is 35.5. The van der Waals surface area contributed by atoms with E-state index in [1.807, 2.05) is 31.1 Å². The van der Waals surface area contributed by atoms with Crippen LogP contribution in [0.1, 0.15) is 10.4 Å². The normalized spacial score (nSPS) is 10.2. The third-order valence-corrected chi connectivity index (χ3v) is 3.94. The summed E-state index contributed by atoms with van der Waals surface area (Å²) >= 11 is 6.31. The SMILES string of the molecule is COC(=O)c1cc(OC)c(OC)cc1Nc1cccc(Cl)c1N(C)C. The Bertz CT molecular complexity index is 778. The third-order valence-electron chi connectivity index (χ3n) is 3.63. The van der Waals surface area contributed by atoms with E-state index in [0.29, 0.717) is 27.8 Å². The summed E-state index contributed by atoms with van der Waals surface area (Å²) in [5.74, 6) is 0.440. The zero-order chi connectivity index (χ0) is 18.6. The van der Waals surface area contributed by atoms with Crippen LogP contribution in [-0.4, -0.2) is 41.4 Å². The lowest BCUT2D eigenvalue weighted by atomic mass is 10.1. The van der Waals surface area contributed by atoms with Crippen LogP contribution >= 0.6 is 11.6 Å². The highest BCUT2D eigenvalue weighted by molar-refractivity contribution is 6.34. The van der Waals surface area contributed by atoms with Crippen molar-refractivity contribution in [3.8, 4) is 11.5 Å². The molecule has 0 aliphatic carbocycles. The van der Waals surface area contributed by atoms with Crippen molar-refractivity contribution in [3.63, 3.8) is 0 Å². The smallest absolute Gasteiger partial charge is 0.340 e. The second-order valence-electron chi connectivity index (χ2n) is 5.40. The summed E-state index contributed by atoms with van der Waals surface area (Å²) in [4.78, 5) is 14.1. The molecule has 7 heteroatoms. The van der Waals surface area contributed by atoms with Crippen LogP contribution in [0.4, 0.5) is 17.1 Å². The van der Waals surface area contributed by atoms with Gasteiger partial charge in [-0.15, -0.1) is 0 Å². The Kier molecular flexibility index (Phi) is 5.98. The van der Waals surface area contributed by atoms with Gasteiger partial charge >= 0.3 is 5.97 Å². The number of nitrogens with zero attached hydrogens (tertiary/aromatic N) is 1. The zero-order valence-corrected chi connectivity index (χ0v) is 15.6. The van der Waals surface area contributed by atoms with Gasteiger partial charge in [-0.2, -0.15) is 0 Å². The van der Waals surface area contributed by atoms with Crippen LogP contribution in [0.2, 0.25) is 5.02 Å². The maximum absolute atomic E-state index is 12.2. The Morgan fingerprint density at radius 1 is 1.04 bits per heavy atom. The molecule has 0 aliphatic heterocycles. The second kappa shape index (κ2) is 7.98. The number of esters is 1. The number of nitrogens with one attached hydrogen (secondary N) is 1. The summed E-state index contributed by atoms with van der Waals surface area (Å²) in [5, 5.41) is 3.83. The standard InChI is InChI=1S/C18H21ClN2O4/c1-21(2)17-12(19)7-6-8-13(17)20-14-10-16(24-4)15(23-3)9-11(14)18(22)25-5/h6-10,20H,1-5H3. The first kappa shape index (κ1) is 18.7. The third kappa shape index (κ3) is 3.91. The summed E-state index contributed by atoms with van der Waals surface area (Å²) in [6.07, 6.45) is 0. The van der Waals surface area contributed by atoms with Gasteiger partial charge in [-0.3, -0.25) is 0 Å². The molecule has 2 aromatic carbocycles. The molecule has 2 aromatic rings. The molecule has 0 saturated carbocycles. The minimum absolute atomic E-state index is 0.324. The summed E-state index contributed by atoms with van der Waals surface area (Å²) in [5.41, 5.74) is 2.39. The minimum atomic E-state index is -0.489. The van der Waals surface area contributed by atoms with E-state index >= 15 is 0 Å². The van der Waals surface area contributed by atoms with Crippen molar-refractivity contribution in [2.75, 3.05) is 45.6 Å². The van der Waals surface area contributed by atoms with Crippen molar-refractivity contribution in [2.45, 2.75) is 0 Å². The number of anilines is 3. The van der Waals surface area contributed by atoms with Crippen LogP contribution in [0.3, 0.4) is 0 Å². The Balaban J connectivity index is 2.59. The molecule has 0 bridgehead atoms. The second-order valence-corrected chi connectivity index (χ2v) is 5.81. The molecule has 0 unspecified atom stereocenters. The Hall–Kier alpha value is -2.60. The van der Waals surface area contributed by atoms with Crippen molar-refractivity contribution in [1.82, 2.24) is 0 Å². The number of halogens is 1. The van der Waals surface area contributed by atoms with E-state index in [0.717, 1.165) is 11.4 Å². The number of hydrogen-bond acceptors (Lipinski definition) is 6. The van der Waals surface area contributed by atoms with E-state index < -0.39 is 5.97 Å². The van der Waals surface area contributed by atoms with Gasteiger partial charge in [0.05, 0.1) is 49.0 Å². The summed E-state index contributed by atoms with van der Waals surface area (Å²) in [6.45, 7) is 0. The van der Waals surface area contributed by atoms with Crippen LogP contribution in [0.15, 0.2) is 30.3 Å². The highest BCUT2D eigenvalue weighted by Gasteiger charge is 2.19. The lowest BCUT2D eigenvalue weighted by molar-refractivity contribution is 0.0601. The molecule has 0 aliphatic rings. The lowest BCUT2D eigenvalue weighted by Crippen LogP contribution is -2.13. The fourth-order valence-electron chi connectivity index (χ4n) is 2.48. The average Bonchev–Trinajstić information content (AvgIpc) is 2.60. The van der Waals surface area contributed by atoms with Crippen molar-refractivity contribution in [1.29, 1.82) is 0 Å². The largest absolute Gasteiger partial charge is 0.493 e. The summed E-state index contributed by atoms with van der Waals surface area (Å²) in [7, 11) is 8.15. The predicted molar refractivity (Wildman–Crippen MR) is 99.9 cm³/mol. The zero-order valence-electron chi connectivity index (χ0n) is 14.8. The van der Waals surface area contributed by atoms with Gasteiger partial charge in [0, 0.05) is 26.2 Å². The molecule has 0 fully saturated rings. The monoisotopic (exact) mass is 364 g/mol. The van der Waals surface area contributed by atoms with Gasteiger partial charge in [-0.25, -0.2) is 4.79 Å². The van der Waals surface area contributed by atoms with Gasteiger partial charge in [0.1, 0.15) is 0 Å². The first-order chi connectivity index (χ1) is 11.9. The molecule has 0 heterocycles. The number of ether oxygens (including phenoxy) is 3. The van der Waals surface area contributed by atoms with Crippen LogP contribution in [-0.2, 0) is 4.74 Å². The molecule has 0 saturated heterocycles. The molecular weight excluding hydrogens is 344 g/mol. The van der Waals surface area contributed by atoms with Crippen LogP contribution in [0, 0.1) is 0 Å². The van der Waals surface area contributed by atoms with Crippen molar-refractivity contribution in [2.24, 2.45) is 0 Å². The van der Waals surface area contributed by atoms with Crippen molar-refractivity contribution in [3.05, 3.63) is 40.9 Å². The Morgan fingerprint density at radius 2 is 1.68 bits per heavy atom. The molecule has 0 atom stereocenters. The number of benzene rings is 2. The molecule has 0 amide bonds. The molecule has 134 valence electrons. The van der Waals surface area contributed by atoms with Gasteiger partial charge in [0.25, 0.3) is 0 Å². The molecule has 0 radical (unpaired) electrons. The first-order valence-corrected chi connectivity index (χ1v) is 7.87. The number of rotatable bonds is 6. The van der Waals surface area contributed by atoms with Gasteiger partial charge in [0.2, 0.25) is 0 Å². The number of carbonyl (C=O) groups excluding carboxylic acids is 1. The molecule has 0 aromatic heterocycles. The van der Waals surface area contributed by atoms with Gasteiger partial charge in [-0.05, 0) is 12.1 Å². The van der Waals surface area contributed by atoms with Crippen molar-refractivity contribution >= 4 is 34.6 Å². The van der Waals surface area contributed by atoms with Gasteiger partial charge in [0.15, 0.2) is 11.5 Å². The summed E-state index contributed by atoms with van der Waals surface area (Å²) < 4.78 is 15.5. The quantitative estimate of drug-likeness (QED) is 0.783. The molecule has 2 rings (SSSR count). The fraction of sp³-hybridized carbons (Fsp3) is 0.278.